The first kappa shape index (κ1) is 35.7. The Labute approximate surface area is 242 Å². The lowest BCUT2D eigenvalue weighted by molar-refractivity contribution is -0.139. The lowest BCUT2D eigenvalue weighted by Crippen LogP contribution is -2.44. The molecule has 0 saturated carbocycles. The molecule has 0 radical (unpaired) electrons. The number of aryl methyl sites for hydroxylation is 1. The third-order valence-corrected chi connectivity index (χ3v) is 5.93. The van der Waals surface area contributed by atoms with Crippen LogP contribution in [0.4, 0.5) is 9.18 Å². The highest BCUT2D eigenvalue weighted by molar-refractivity contribution is 5.83. The minimum atomic E-state index is -1.23. The molecular formula is C25H41FN8O8. The Bertz CT molecular complexity index is 1040. The second kappa shape index (κ2) is 20.5. The highest BCUT2D eigenvalue weighted by Gasteiger charge is 2.21. The van der Waals surface area contributed by atoms with E-state index in [1.165, 1.54) is 10.9 Å². The number of nitrogens with one attached hydrogen (secondary N) is 4. The molecular weight excluding hydrogens is 559 g/mol. The van der Waals surface area contributed by atoms with Crippen molar-refractivity contribution in [3.63, 3.8) is 0 Å². The predicted octanol–water partition coefficient (Wildman–Crippen LogP) is -0.386. The number of alkyl halides is 1. The number of carbonyl (C=O) groups excluding carboxylic acids is 4. The van der Waals surface area contributed by atoms with Crippen molar-refractivity contribution in [1.82, 2.24) is 36.3 Å². The molecule has 8 N–H and O–H groups in total. The number of primary amides is 1. The summed E-state index contributed by atoms with van der Waals surface area (Å²) in [7, 11) is 0. The van der Waals surface area contributed by atoms with Gasteiger partial charge in [0.15, 0.2) is 0 Å². The zero-order valence-corrected chi connectivity index (χ0v) is 23.5. The van der Waals surface area contributed by atoms with Crippen molar-refractivity contribution in [1.29, 1.82) is 0 Å². The third-order valence-electron chi connectivity index (χ3n) is 5.93. The Morgan fingerprint density at radius 1 is 0.881 bits per heavy atom. The summed E-state index contributed by atoms with van der Waals surface area (Å²) in [5.74, 6) is -3.47. The van der Waals surface area contributed by atoms with Crippen LogP contribution >= 0.6 is 0 Å². The number of carboxylic acids is 2. The van der Waals surface area contributed by atoms with Crippen LogP contribution in [0.15, 0.2) is 6.20 Å². The Balaban J connectivity index is 2.60. The number of halogens is 1. The van der Waals surface area contributed by atoms with Crippen molar-refractivity contribution in [3.8, 4) is 0 Å². The smallest absolute Gasteiger partial charge is 0.326 e. The van der Waals surface area contributed by atoms with Crippen molar-refractivity contribution >= 4 is 35.7 Å². The van der Waals surface area contributed by atoms with E-state index in [-0.39, 0.29) is 45.2 Å². The molecule has 42 heavy (non-hydrogen) atoms. The van der Waals surface area contributed by atoms with Crippen LogP contribution in [0.25, 0.3) is 0 Å². The summed E-state index contributed by atoms with van der Waals surface area (Å²) >= 11 is 0. The number of hydrogen-bond acceptors (Lipinski definition) is 8. The van der Waals surface area contributed by atoms with Crippen LogP contribution in [0.3, 0.4) is 0 Å². The van der Waals surface area contributed by atoms with Gasteiger partial charge < -0.3 is 37.2 Å². The summed E-state index contributed by atoms with van der Waals surface area (Å²) in [5, 5.41) is 35.6. The molecule has 0 aliphatic carbocycles. The average Bonchev–Trinajstić information content (AvgIpc) is 3.34. The van der Waals surface area contributed by atoms with E-state index < -0.39 is 54.4 Å². The van der Waals surface area contributed by atoms with Gasteiger partial charge in [-0.1, -0.05) is 11.6 Å². The Morgan fingerprint density at radius 2 is 1.52 bits per heavy atom. The minimum absolute atomic E-state index is 0.0463. The number of amides is 5. The number of hydrogen-bond donors (Lipinski definition) is 7. The van der Waals surface area contributed by atoms with Crippen LogP contribution in [0.2, 0.25) is 0 Å². The monoisotopic (exact) mass is 600 g/mol. The molecule has 0 aliphatic heterocycles. The van der Waals surface area contributed by atoms with E-state index in [0.29, 0.717) is 50.8 Å². The van der Waals surface area contributed by atoms with Gasteiger partial charge in [0.05, 0.1) is 12.4 Å². The van der Waals surface area contributed by atoms with Gasteiger partial charge in [0.1, 0.15) is 12.6 Å². The molecule has 2 atom stereocenters. The number of nitrogens with zero attached hydrogens (tertiary/aromatic N) is 3. The molecule has 0 aromatic carbocycles. The summed E-state index contributed by atoms with van der Waals surface area (Å²) in [6, 6.07) is -2.94. The van der Waals surface area contributed by atoms with Crippen LogP contribution in [-0.2, 0) is 36.9 Å². The number of unbranched alkanes of at least 4 members (excludes halogenated alkanes) is 3. The van der Waals surface area contributed by atoms with Crippen molar-refractivity contribution in [3.05, 3.63) is 11.9 Å². The summed E-state index contributed by atoms with van der Waals surface area (Å²) in [6.07, 6.45) is 4.39. The summed E-state index contributed by atoms with van der Waals surface area (Å²) in [4.78, 5) is 70.3. The highest BCUT2D eigenvalue weighted by Crippen LogP contribution is 2.05. The number of aromatic nitrogens is 3. The first-order valence-electron chi connectivity index (χ1n) is 13.8. The van der Waals surface area contributed by atoms with Crippen molar-refractivity contribution in [2.45, 2.75) is 89.3 Å². The van der Waals surface area contributed by atoms with Gasteiger partial charge in [-0.2, -0.15) is 0 Å². The maximum absolute atomic E-state index is 12.6. The number of nitrogens with two attached hydrogens (primary N) is 1. The van der Waals surface area contributed by atoms with E-state index >= 15 is 0 Å². The van der Waals surface area contributed by atoms with E-state index in [2.05, 4.69) is 31.6 Å². The minimum Gasteiger partial charge on any atom is -0.481 e. The lowest BCUT2D eigenvalue weighted by Gasteiger charge is -2.18. The molecule has 1 heterocycles. The molecule has 1 unspecified atom stereocenters. The van der Waals surface area contributed by atoms with Gasteiger partial charge in [-0.3, -0.25) is 23.6 Å². The summed E-state index contributed by atoms with van der Waals surface area (Å²) in [5.41, 5.74) is 5.49. The summed E-state index contributed by atoms with van der Waals surface area (Å²) < 4.78 is 13.7. The standard InChI is InChI=1S/C25H41FN8O8/c26-10-6-7-17-15-34(33-32-17)16-22(37)30-18(13-20(35)28-11-4-1-2-9-23(38)39)14-21(36)29-12-5-3-8-19(24(40)41)31-25(27)42/h15,18-19H,1-14,16H2,(H,28,35)(H,29,36)(H,30,37)(H,38,39)(H,40,41)(H3,27,31,42)/t18?,19-/m0/s1. The van der Waals surface area contributed by atoms with E-state index in [0.717, 1.165) is 0 Å². The van der Waals surface area contributed by atoms with Crippen molar-refractivity contribution < 1.29 is 43.4 Å². The van der Waals surface area contributed by atoms with E-state index in [9.17, 15) is 33.2 Å². The van der Waals surface area contributed by atoms with Crippen LogP contribution in [-0.4, -0.2) is 92.7 Å². The molecule has 236 valence electrons. The Morgan fingerprint density at radius 3 is 2.10 bits per heavy atom. The van der Waals surface area contributed by atoms with E-state index in [4.69, 9.17) is 15.9 Å². The number of rotatable bonds is 23. The lowest BCUT2D eigenvalue weighted by atomic mass is 10.1. The average molecular weight is 601 g/mol. The van der Waals surface area contributed by atoms with Crippen LogP contribution in [0, 0.1) is 0 Å². The number of carboxylic acid groups (broad SMARTS) is 2. The van der Waals surface area contributed by atoms with Gasteiger partial charge in [0.25, 0.3) is 0 Å². The van der Waals surface area contributed by atoms with Gasteiger partial charge >= 0.3 is 18.0 Å². The fourth-order valence-electron chi connectivity index (χ4n) is 3.90. The Kier molecular flexibility index (Phi) is 17.5. The fraction of sp³-hybridized carbons (Fsp3) is 0.680. The van der Waals surface area contributed by atoms with E-state index in [1.807, 2.05) is 0 Å². The largest absolute Gasteiger partial charge is 0.481 e. The van der Waals surface area contributed by atoms with Gasteiger partial charge in [0.2, 0.25) is 17.7 Å². The van der Waals surface area contributed by atoms with Gasteiger partial charge in [-0.15, -0.1) is 5.10 Å². The van der Waals surface area contributed by atoms with Crippen LogP contribution < -0.4 is 27.0 Å². The van der Waals surface area contributed by atoms with Gasteiger partial charge in [-0.05, 0) is 44.9 Å². The maximum atomic E-state index is 12.6. The molecule has 5 amide bonds. The Hall–Kier alpha value is -4.31. The molecule has 0 spiro atoms. The highest BCUT2D eigenvalue weighted by atomic mass is 19.1. The zero-order chi connectivity index (χ0) is 31.3. The second-order valence-corrected chi connectivity index (χ2v) is 9.67. The molecule has 1 rings (SSSR count). The van der Waals surface area contributed by atoms with E-state index in [1.54, 1.807) is 0 Å². The molecule has 0 fully saturated rings. The van der Waals surface area contributed by atoms with Gasteiger partial charge in [0, 0.05) is 44.6 Å². The molecule has 0 aliphatic rings. The summed E-state index contributed by atoms with van der Waals surface area (Å²) in [6.45, 7) is -0.216. The zero-order valence-electron chi connectivity index (χ0n) is 23.5. The number of aliphatic carboxylic acids is 2. The van der Waals surface area contributed by atoms with Crippen LogP contribution in [0.1, 0.15) is 69.9 Å². The van der Waals surface area contributed by atoms with Gasteiger partial charge in [-0.25, -0.2) is 14.3 Å². The first-order valence-corrected chi connectivity index (χ1v) is 13.8. The molecule has 17 heteroatoms. The van der Waals surface area contributed by atoms with Crippen molar-refractivity contribution in [2.24, 2.45) is 5.73 Å². The third kappa shape index (κ3) is 17.4. The first-order chi connectivity index (χ1) is 20.0. The quantitative estimate of drug-likeness (QED) is 0.0802. The SMILES string of the molecule is NC(=O)N[C@@H](CCCCNC(=O)CC(CC(=O)NCCCCCC(=O)O)NC(=O)Cn1cc(CCCF)nn1)C(=O)O. The molecule has 1 aromatic heterocycles. The van der Waals surface area contributed by atoms with Crippen molar-refractivity contribution in [2.75, 3.05) is 19.8 Å². The molecule has 0 bridgehead atoms. The van der Waals surface area contributed by atoms with Crippen LogP contribution in [0.5, 0.6) is 0 Å². The molecule has 16 nitrogen and oxygen atoms in total. The second-order valence-electron chi connectivity index (χ2n) is 9.67. The number of urea groups is 1. The normalized spacial score (nSPS) is 12.1. The fourth-order valence-corrected chi connectivity index (χ4v) is 3.90. The number of carbonyl (C=O) groups is 6. The molecule has 0 saturated heterocycles. The molecule has 1 aromatic rings. The predicted molar refractivity (Wildman–Crippen MR) is 146 cm³/mol. The topological polar surface area (TPSA) is 248 Å². The maximum Gasteiger partial charge on any atom is 0.326 e.